The second-order valence-electron chi connectivity index (χ2n) is 6.95. The fourth-order valence-corrected chi connectivity index (χ4v) is 3.44. The molecule has 2 aromatic rings. The third-order valence-corrected chi connectivity index (χ3v) is 4.73. The molecule has 0 spiro atoms. The summed E-state index contributed by atoms with van der Waals surface area (Å²) in [6.45, 7) is 2.35. The van der Waals surface area contributed by atoms with Crippen LogP contribution in [0.4, 0.5) is 5.82 Å². The zero-order valence-corrected chi connectivity index (χ0v) is 15.2. The van der Waals surface area contributed by atoms with Gasteiger partial charge in [-0.25, -0.2) is 9.97 Å². The maximum absolute atomic E-state index is 12.4. The second-order valence-corrected chi connectivity index (χ2v) is 6.95. The number of piperidine rings is 1. The fourth-order valence-electron chi connectivity index (χ4n) is 3.44. The van der Waals surface area contributed by atoms with Gasteiger partial charge in [-0.05, 0) is 31.4 Å². The summed E-state index contributed by atoms with van der Waals surface area (Å²) < 4.78 is 1.71. The Hall–Kier alpha value is -2.48. The van der Waals surface area contributed by atoms with Crippen molar-refractivity contribution in [3.8, 4) is 0 Å². The number of rotatable bonds is 7. The number of carbonyl (C=O) groups excluding carboxylic acids is 1. The van der Waals surface area contributed by atoms with Gasteiger partial charge in [-0.15, -0.1) is 0 Å². The zero-order chi connectivity index (χ0) is 18.4. The van der Waals surface area contributed by atoms with Gasteiger partial charge in [0.1, 0.15) is 18.5 Å². The molecule has 1 atom stereocenters. The molecule has 0 saturated carbocycles. The van der Waals surface area contributed by atoms with Crippen molar-refractivity contribution >= 4 is 11.7 Å². The number of hydrogen-bond donors (Lipinski definition) is 1. The van der Waals surface area contributed by atoms with Gasteiger partial charge in [0, 0.05) is 39.3 Å². The molecular formula is C18H26N6O2. The molecule has 1 saturated heterocycles. The molecule has 0 aliphatic carbocycles. The molecule has 1 fully saturated rings. The van der Waals surface area contributed by atoms with E-state index in [1.54, 1.807) is 29.2 Å². The van der Waals surface area contributed by atoms with Crippen LogP contribution in [0.5, 0.6) is 0 Å². The van der Waals surface area contributed by atoms with Gasteiger partial charge in [0.2, 0.25) is 5.91 Å². The van der Waals surface area contributed by atoms with Crippen LogP contribution in [0, 0.1) is 0 Å². The smallest absolute Gasteiger partial charge is 0.222 e. The first-order valence-corrected chi connectivity index (χ1v) is 9.00. The number of likely N-dealkylation sites (N-methyl/N-ethyl adjacent to an activating group) is 1. The number of carbonyl (C=O) groups is 1. The maximum atomic E-state index is 12.4. The minimum Gasteiger partial charge on any atom is -0.386 e. The van der Waals surface area contributed by atoms with Crippen LogP contribution < -0.4 is 4.90 Å². The summed E-state index contributed by atoms with van der Waals surface area (Å²) in [4.78, 5) is 24.4. The molecular weight excluding hydrogens is 332 g/mol. The maximum Gasteiger partial charge on any atom is 0.222 e. The van der Waals surface area contributed by atoms with Crippen LogP contribution in [0.1, 0.15) is 25.7 Å². The zero-order valence-electron chi connectivity index (χ0n) is 15.2. The minimum absolute atomic E-state index is 0.0356. The molecule has 1 amide bonds. The van der Waals surface area contributed by atoms with E-state index in [0.29, 0.717) is 38.9 Å². The van der Waals surface area contributed by atoms with Gasteiger partial charge in [0.05, 0.1) is 12.1 Å². The first-order valence-electron chi connectivity index (χ1n) is 9.00. The summed E-state index contributed by atoms with van der Waals surface area (Å²) >= 11 is 0. The molecule has 1 aliphatic heterocycles. The van der Waals surface area contributed by atoms with E-state index in [2.05, 4.69) is 20.0 Å². The van der Waals surface area contributed by atoms with Crippen molar-refractivity contribution in [3.63, 3.8) is 0 Å². The number of aromatic nitrogens is 4. The Labute approximate surface area is 153 Å². The van der Waals surface area contributed by atoms with Crippen molar-refractivity contribution in [1.82, 2.24) is 24.6 Å². The van der Waals surface area contributed by atoms with E-state index < -0.39 is 5.60 Å². The quantitative estimate of drug-likeness (QED) is 0.793. The molecule has 140 valence electrons. The molecule has 0 unspecified atom stereocenters. The van der Waals surface area contributed by atoms with Crippen LogP contribution in [-0.4, -0.2) is 67.9 Å². The van der Waals surface area contributed by atoms with Crippen molar-refractivity contribution in [1.29, 1.82) is 0 Å². The van der Waals surface area contributed by atoms with Crippen LogP contribution in [0.3, 0.4) is 0 Å². The van der Waals surface area contributed by atoms with E-state index in [4.69, 9.17) is 0 Å². The highest BCUT2D eigenvalue weighted by molar-refractivity contribution is 5.75. The van der Waals surface area contributed by atoms with Crippen LogP contribution in [0.25, 0.3) is 0 Å². The lowest BCUT2D eigenvalue weighted by Gasteiger charge is -2.41. The average molecular weight is 358 g/mol. The fraction of sp³-hybridized carbons (Fsp3) is 0.556. The lowest BCUT2D eigenvalue weighted by atomic mass is 9.92. The van der Waals surface area contributed by atoms with Gasteiger partial charge in [-0.1, -0.05) is 6.07 Å². The van der Waals surface area contributed by atoms with Gasteiger partial charge >= 0.3 is 0 Å². The summed E-state index contributed by atoms with van der Waals surface area (Å²) in [5, 5.41) is 15.0. The molecule has 0 radical (unpaired) electrons. The summed E-state index contributed by atoms with van der Waals surface area (Å²) in [5.74, 6) is 0.904. The molecule has 3 rings (SSSR count). The van der Waals surface area contributed by atoms with Gasteiger partial charge in [0.15, 0.2) is 0 Å². The molecule has 2 aromatic heterocycles. The van der Waals surface area contributed by atoms with Crippen molar-refractivity contribution in [2.24, 2.45) is 0 Å². The molecule has 0 bridgehead atoms. The number of hydrogen-bond acceptors (Lipinski definition) is 6. The summed E-state index contributed by atoms with van der Waals surface area (Å²) in [7, 11) is 1.76. The second kappa shape index (κ2) is 8.27. The lowest BCUT2D eigenvalue weighted by Crippen LogP contribution is -2.54. The number of amides is 1. The van der Waals surface area contributed by atoms with Crippen molar-refractivity contribution in [2.45, 2.75) is 37.8 Å². The summed E-state index contributed by atoms with van der Waals surface area (Å²) in [5.41, 5.74) is -0.911. The van der Waals surface area contributed by atoms with Crippen LogP contribution in [-0.2, 0) is 11.3 Å². The highest BCUT2D eigenvalue weighted by Crippen LogP contribution is 2.25. The van der Waals surface area contributed by atoms with Crippen LogP contribution in [0.15, 0.2) is 37.1 Å². The van der Waals surface area contributed by atoms with Crippen molar-refractivity contribution < 1.29 is 9.90 Å². The van der Waals surface area contributed by atoms with Gasteiger partial charge in [-0.3, -0.25) is 9.48 Å². The highest BCUT2D eigenvalue weighted by atomic mass is 16.3. The Balaban J connectivity index is 1.50. The van der Waals surface area contributed by atoms with E-state index in [1.807, 2.05) is 18.2 Å². The Morgan fingerprint density at radius 2 is 2.31 bits per heavy atom. The first-order chi connectivity index (χ1) is 12.6. The third-order valence-electron chi connectivity index (χ3n) is 4.73. The highest BCUT2D eigenvalue weighted by Gasteiger charge is 2.35. The predicted octanol–water partition coefficient (Wildman–Crippen LogP) is 0.943. The molecule has 3 heterocycles. The van der Waals surface area contributed by atoms with E-state index in [-0.39, 0.29) is 5.91 Å². The largest absolute Gasteiger partial charge is 0.386 e. The Morgan fingerprint density at radius 3 is 3.04 bits per heavy atom. The SMILES string of the molecule is CN(C[C@]1(O)CCCN(c2ccccn2)C1)C(=O)CCCn1cncn1. The Morgan fingerprint density at radius 1 is 1.42 bits per heavy atom. The topological polar surface area (TPSA) is 87.4 Å². The number of anilines is 1. The van der Waals surface area contributed by atoms with Crippen LogP contribution in [0.2, 0.25) is 0 Å². The average Bonchev–Trinajstić information content (AvgIpc) is 3.15. The predicted molar refractivity (Wildman–Crippen MR) is 97.5 cm³/mol. The van der Waals surface area contributed by atoms with Crippen LogP contribution >= 0.6 is 0 Å². The molecule has 8 nitrogen and oxygen atoms in total. The number of pyridine rings is 1. The standard InChI is InChI=1S/C18H26N6O2/c1-22(17(25)7-4-11-24-15-19-14-21-24)12-18(26)8-5-10-23(13-18)16-6-2-3-9-20-16/h2-3,6,9,14-15,26H,4-5,7-8,10-13H2,1H3/t18-/m1/s1. The molecule has 26 heavy (non-hydrogen) atoms. The summed E-state index contributed by atoms with van der Waals surface area (Å²) in [6, 6.07) is 5.77. The third kappa shape index (κ3) is 4.78. The van der Waals surface area contributed by atoms with Gasteiger partial charge in [0.25, 0.3) is 0 Å². The lowest BCUT2D eigenvalue weighted by molar-refractivity contribution is -0.133. The summed E-state index contributed by atoms with van der Waals surface area (Å²) in [6.07, 6.45) is 7.58. The van der Waals surface area contributed by atoms with E-state index in [1.165, 1.54) is 6.33 Å². The van der Waals surface area contributed by atoms with Gasteiger partial charge < -0.3 is 14.9 Å². The van der Waals surface area contributed by atoms with Gasteiger partial charge in [-0.2, -0.15) is 5.10 Å². The number of β-amino-alcohol motifs (C(OH)–C–C–N with tert-alkyl or cyclic N) is 1. The molecule has 1 N–H and O–H groups in total. The van der Waals surface area contributed by atoms with E-state index >= 15 is 0 Å². The number of aryl methyl sites for hydroxylation is 1. The minimum atomic E-state index is -0.911. The molecule has 8 heteroatoms. The number of aliphatic hydroxyl groups is 1. The molecule has 0 aromatic carbocycles. The first kappa shape index (κ1) is 18.3. The van der Waals surface area contributed by atoms with E-state index in [9.17, 15) is 9.90 Å². The van der Waals surface area contributed by atoms with Crippen molar-refractivity contribution in [3.05, 3.63) is 37.1 Å². The number of nitrogens with zero attached hydrogens (tertiary/aromatic N) is 6. The normalized spacial score (nSPS) is 20.2. The Bertz CT molecular complexity index is 693. The van der Waals surface area contributed by atoms with Crippen molar-refractivity contribution in [2.75, 3.05) is 31.6 Å². The molecule has 1 aliphatic rings. The van der Waals surface area contributed by atoms with E-state index in [0.717, 1.165) is 18.8 Å². The Kier molecular flexibility index (Phi) is 5.82. The monoisotopic (exact) mass is 358 g/mol.